The highest BCUT2D eigenvalue weighted by atomic mass is 32.1. The predicted molar refractivity (Wildman–Crippen MR) is 110 cm³/mol. The van der Waals surface area contributed by atoms with E-state index in [1.165, 1.54) is 35.6 Å². The fourth-order valence-corrected chi connectivity index (χ4v) is 4.27. The van der Waals surface area contributed by atoms with E-state index < -0.39 is 17.6 Å². The summed E-state index contributed by atoms with van der Waals surface area (Å²) < 4.78 is 52.0. The normalized spacial score (nSPS) is 15.3. The zero-order valence-corrected chi connectivity index (χ0v) is 17.2. The summed E-state index contributed by atoms with van der Waals surface area (Å²) in [5.74, 6) is -0.829. The third kappa shape index (κ3) is 4.94. The minimum Gasteiger partial charge on any atom is -0.336 e. The molecule has 4 rings (SSSR count). The summed E-state index contributed by atoms with van der Waals surface area (Å²) in [7, 11) is 0. The Morgan fingerprint density at radius 3 is 2.32 bits per heavy atom. The maximum atomic E-state index is 13.9. The zero-order chi connectivity index (χ0) is 22.0. The van der Waals surface area contributed by atoms with Crippen molar-refractivity contribution in [1.29, 1.82) is 0 Å². The van der Waals surface area contributed by atoms with Gasteiger partial charge in [0.15, 0.2) is 0 Å². The Kier molecular flexibility index (Phi) is 6.06. The Bertz CT molecular complexity index is 1060. The highest BCUT2D eigenvalue weighted by Crippen LogP contribution is 2.32. The van der Waals surface area contributed by atoms with Crippen molar-refractivity contribution in [3.05, 3.63) is 76.5 Å². The molecule has 2 aromatic carbocycles. The van der Waals surface area contributed by atoms with E-state index in [1.54, 1.807) is 17.0 Å². The number of rotatable bonds is 4. The Morgan fingerprint density at radius 1 is 1.00 bits per heavy atom. The van der Waals surface area contributed by atoms with Crippen LogP contribution in [0.4, 0.5) is 17.6 Å². The highest BCUT2D eigenvalue weighted by molar-refractivity contribution is 7.13. The van der Waals surface area contributed by atoms with Gasteiger partial charge < -0.3 is 4.90 Å². The quantitative estimate of drug-likeness (QED) is 0.530. The van der Waals surface area contributed by atoms with Gasteiger partial charge in [0.25, 0.3) is 5.91 Å². The van der Waals surface area contributed by atoms with Crippen LogP contribution < -0.4 is 0 Å². The van der Waals surface area contributed by atoms with Gasteiger partial charge in [-0.1, -0.05) is 24.3 Å². The van der Waals surface area contributed by atoms with E-state index in [0.29, 0.717) is 43.3 Å². The maximum absolute atomic E-state index is 13.9. The number of hydrogen-bond donors (Lipinski definition) is 0. The van der Waals surface area contributed by atoms with Gasteiger partial charge in [-0.15, -0.1) is 11.3 Å². The summed E-state index contributed by atoms with van der Waals surface area (Å²) in [5, 5.41) is 2.56. The summed E-state index contributed by atoms with van der Waals surface area (Å²) in [6.45, 7) is 2.83. The van der Waals surface area contributed by atoms with Crippen molar-refractivity contribution >= 4 is 17.2 Å². The van der Waals surface area contributed by atoms with Crippen molar-refractivity contribution in [3.63, 3.8) is 0 Å². The fourth-order valence-electron chi connectivity index (χ4n) is 3.46. The summed E-state index contributed by atoms with van der Waals surface area (Å²) in [6.07, 6.45) is -4.36. The summed E-state index contributed by atoms with van der Waals surface area (Å²) in [4.78, 5) is 20.9. The molecular weight excluding hydrogens is 430 g/mol. The van der Waals surface area contributed by atoms with E-state index in [2.05, 4.69) is 9.88 Å². The van der Waals surface area contributed by atoms with Gasteiger partial charge in [0, 0.05) is 43.7 Å². The lowest BCUT2D eigenvalue weighted by Crippen LogP contribution is -2.48. The number of amides is 1. The van der Waals surface area contributed by atoms with E-state index in [9.17, 15) is 22.4 Å². The first-order chi connectivity index (χ1) is 14.8. The second kappa shape index (κ2) is 8.76. The Hall–Kier alpha value is -2.78. The molecule has 0 saturated carbocycles. The molecule has 2 heterocycles. The van der Waals surface area contributed by atoms with E-state index in [1.807, 2.05) is 5.38 Å². The number of piperazine rings is 1. The molecule has 9 heteroatoms. The Balaban J connectivity index is 1.34. The van der Waals surface area contributed by atoms with Crippen molar-refractivity contribution in [1.82, 2.24) is 14.8 Å². The van der Waals surface area contributed by atoms with E-state index >= 15 is 0 Å². The number of alkyl halides is 3. The molecule has 0 atom stereocenters. The number of hydrogen-bond acceptors (Lipinski definition) is 4. The number of aromatic nitrogens is 1. The number of halogens is 4. The number of nitrogens with zero attached hydrogens (tertiary/aromatic N) is 3. The zero-order valence-electron chi connectivity index (χ0n) is 16.4. The van der Waals surface area contributed by atoms with E-state index in [4.69, 9.17) is 0 Å². The molecule has 162 valence electrons. The van der Waals surface area contributed by atoms with Crippen LogP contribution in [0.25, 0.3) is 10.6 Å². The highest BCUT2D eigenvalue weighted by Gasteiger charge is 2.30. The number of benzene rings is 2. The van der Waals surface area contributed by atoms with Crippen LogP contribution in [0.3, 0.4) is 0 Å². The van der Waals surface area contributed by atoms with E-state index in [-0.39, 0.29) is 11.5 Å². The molecule has 1 aliphatic rings. The number of carbonyl (C=O) groups is 1. The lowest BCUT2D eigenvalue weighted by Gasteiger charge is -2.34. The van der Waals surface area contributed by atoms with Gasteiger partial charge in [-0.2, -0.15) is 13.2 Å². The molecule has 1 aromatic heterocycles. The van der Waals surface area contributed by atoms with Crippen molar-refractivity contribution in [2.75, 3.05) is 26.2 Å². The smallest absolute Gasteiger partial charge is 0.336 e. The largest absolute Gasteiger partial charge is 0.416 e. The van der Waals surface area contributed by atoms with Crippen LogP contribution in [-0.2, 0) is 12.7 Å². The maximum Gasteiger partial charge on any atom is 0.416 e. The van der Waals surface area contributed by atoms with Crippen molar-refractivity contribution in [2.45, 2.75) is 12.7 Å². The summed E-state index contributed by atoms with van der Waals surface area (Å²) in [5.41, 5.74) is 0.866. The van der Waals surface area contributed by atoms with Crippen LogP contribution in [0.1, 0.15) is 21.6 Å². The molecule has 0 unspecified atom stereocenters. The molecule has 1 fully saturated rings. The second-order valence-electron chi connectivity index (χ2n) is 7.27. The van der Waals surface area contributed by atoms with Crippen LogP contribution in [0.15, 0.2) is 53.9 Å². The van der Waals surface area contributed by atoms with Crippen LogP contribution in [0, 0.1) is 5.82 Å². The van der Waals surface area contributed by atoms with Gasteiger partial charge in [0.05, 0.1) is 16.8 Å². The first-order valence-electron chi connectivity index (χ1n) is 9.69. The first-order valence-corrected chi connectivity index (χ1v) is 10.6. The molecule has 0 bridgehead atoms. The SMILES string of the molecule is O=C(c1ccccc1F)N1CCN(Cc2csc(-c3ccc(C(F)(F)F)cc3)n2)CC1. The Morgan fingerprint density at radius 2 is 1.68 bits per heavy atom. The second-order valence-corrected chi connectivity index (χ2v) is 8.13. The predicted octanol–water partition coefficient (Wildman–Crippen LogP) is 4.93. The van der Waals surface area contributed by atoms with Crippen molar-refractivity contribution in [2.24, 2.45) is 0 Å². The molecule has 3 aromatic rings. The van der Waals surface area contributed by atoms with Crippen molar-refractivity contribution < 1.29 is 22.4 Å². The van der Waals surface area contributed by atoms with Gasteiger partial charge in [-0.05, 0) is 24.3 Å². The third-order valence-corrected chi connectivity index (χ3v) is 6.10. The number of thiazole rings is 1. The van der Waals surface area contributed by atoms with Gasteiger partial charge in [-0.3, -0.25) is 9.69 Å². The molecule has 0 radical (unpaired) electrons. The van der Waals surface area contributed by atoms with Crippen molar-refractivity contribution in [3.8, 4) is 10.6 Å². The monoisotopic (exact) mass is 449 g/mol. The summed E-state index contributed by atoms with van der Waals surface area (Å²) >= 11 is 1.38. The topological polar surface area (TPSA) is 36.4 Å². The molecule has 0 N–H and O–H groups in total. The average molecular weight is 449 g/mol. The molecule has 1 aliphatic heterocycles. The lowest BCUT2D eigenvalue weighted by molar-refractivity contribution is -0.137. The Labute approximate surface area is 180 Å². The molecule has 1 saturated heterocycles. The van der Waals surface area contributed by atoms with Gasteiger partial charge in [-0.25, -0.2) is 9.37 Å². The van der Waals surface area contributed by atoms with Crippen LogP contribution in [0.2, 0.25) is 0 Å². The minimum atomic E-state index is -4.36. The summed E-state index contributed by atoms with van der Waals surface area (Å²) in [6, 6.07) is 10.9. The average Bonchev–Trinajstić information content (AvgIpc) is 3.22. The molecule has 0 aliphatic carbocycles. The first kappa shape index (κ1) is 21.5. The van der Waals surface area contributed by atoms with E-state index in [0.717, 1.165) is 17.8 Å². The lowest BCUT2D eigenvalue weighted by atomic mass is 10.1. The van der Waals surface area contributed by atoms with Crippen LogP contribution in [-0.4, -0.2) is 46.9 Å². The van der Waals surface area contributed by atoms with Gasteiger partial charge in [0.1, 0.15) is 10.8 Å². The molecule has 1 amide bonds. The molecule has 0 spiro atoms. The minimum absolute atomic E-state index is 0.0802. The third-order valence-electron chi connectivity index (χ3n) is 5.16. The molecular formula is C22H19F4N3OS. The number of carbonyl (C=O) groups excluding carboxylic acids is 1. The standard InChI is InChI=1S/C22H19F4N3OS/c23-19-4-2-1-3-18(19)21(30)29-11-9-28(10-12-29)13-17-14-31-20(27-17)15-5-7-16(8-6-15)22(24,25)26/h1-8,14H,9-13H2. The van der Waals surface area contributed by atoms with Gasteiger partial charge >= 0.3 is 6.18 Å². The van der Waals surface area contributed by atoms with Gasteiger partial charge in [0.2, 0.25) is 0 Å². The molecule has 4 nitrogen and oxygen atoms in total. The van der Waals surface area contributed by atoms with Crippen LogP contribution in [0.5, 0.6) is 0 Å². The van der Waals surface area contributed by atoms with Crippen LogP contribution >= 0.6 is 11.3 Å². The fraction of sp³-hybridized carbons (Fsp3) is 0.273. The molecule has 31 heavy (non-hydrogen) atoms.